The first-order chi connectivity index (χ1) is 9.31. The zero-order valence-corrected chi connectivity index (χ0v) is 11.2. The summed E-state index contributed by atoms with van der Waals surface area (Å²) >= 11 is 5.94. The Kier molecular flexibility index (Phi) is 4.83. The summed E-state index contributed by atoms with van der Waals surface area (Å²) in [5, 5.41) is 9.45. The molecule has 2 rings (SSSR count). The number of halogens is 1. The minimum absolute atomic E-state index is 0.406. The van der Waals surface area contributed by atoms with E-state index in [4.69, 9.17) is 21.6 Å². The number of hydrogen-bond donors (Lipinski definition) is 0. The molecule has 19 heavy (non-hydrogen) atoms. The molecule has 0 amide bonds. The van der Waals surface area contributed by atoms with E-state index >= 15 is 0 Å². The lowest BCUT2D eigenvalue weighted by atomic mass is 10.1. The van der Waals surface area contributed by atoms with Gasteiger partial charge in [0.25, 0.3) is 0 Å². The van der Waals surface area contributed by atoms with Crippen molar-refractivity contribution in [2.75, 3.05) is 6.61 Å². The van der Waals surface area contributed by atoms with Crippen molar-refractivity contribution in [1.29, 1.82) is 5.26 Å². The molecule has 0 heterocycles. The Morgan fingerprint density at radius 2 is 1.84 bits per heavy atom. The fraction of sp³-hybridized carbons (Fsp3) is 0.188. The van der Waals surface area contributed by atoms with Crippen LogP contribution in [0.15, 0.2) is 48.5 Å². The molecule has 0 saturated heterocycles. The van der Waals surface area contributed by atoms with Crippen molar-refractivity contribution in [3.63, 3.8) is 0 Å². The van der Waals surface area contributed by atoms with E-state index in [9.17, 15) is 0 Å². The van der Waals surface area contributed by atoms with Crippen molar-refractivity contribution in [2.45, 2.75) is 12.8 Å². The molecular weight excluding hydrogens is 258 g/mol. The number of ether oxygens (including phenoxy) is 1. The molecule has 0 aliphatic heterocycles. The second-order valence-electron chi connectivity index (χ2n) is 4.16. The van der Waals surface area contributed by atoms with Crippen LogP contribution in [0.4, 0.5) is 0 Å². The smallest absolute Gasteiger partial charge is 0.138 e. The highest BCUT2D eigenvalue weighted by Crippen LogP contribution is 2.25. The van der Waals surface area contributed by atoms with Crippen molar-refractivity contribution >= 4 is 11.6 Å². The van der Waals surface area contributed by atoms with E-state index in [0.717, 1.165) is 12.8 Å². The molecule has 0 aliphatic rings. The Labute approximate surface area is 118 Å². The van der Waals surface area contributed by atoms with Gasteiger partial charge in [-0.3, -0.25) is 0 Å². The highest BCUT2D eigenvalue weighted by atomic mass is 35.5. The molecule has 0 radical (unpaired) electrons. The second kappa shape index (κ2) is 6.82. The Bertz CT molecular complexity index is 575. The van der Waals surface area contributed by atoms with Gasteiger partial charge in [0.05, 0.1) is 11.6 Å². The molecule has 0 unspecified atom stereocenters. The lowest BCUT2D eigenvalue weighted by molar-refractivity contribution is 0.310. The zero-order valence-electron chi connectivity index (χ0n) is 10.5. The minimum Gasteiger partial charge on any atom is -0.492 e. The summed E-state index contributed by atoms with van der Waals surface area (Å²) in [6.45, 7) is 0.573. The monoisotopic (exact) mass is 271 g/mol. The lowest BCUT2D eigenvalue weighted by Crippen LogP contribution is -2.01. The Hall–Kier alpha value is -1.98. The van der Waals surface area contributed by atoms with Crippen LogP contribution < -0.4 is 4.74 Å². The number of benzene rings is 2. The van der Waals surface area contributed by atoms with Crippen molar-refractivity contribution in [2.24, 2.45) is 0 Å². The maximum Gasteiger partial charge on any atom is 0.138 e. The van der Waals surface area contributed by atoms with Crippen LogP contribution in [0.3, 0.4) is 0 Å². The Balaban J connectivity index is 1.87. The summed E-state index contributed by atoms with van der Waals surface area (Å²) < 4.78 is 5.62. The van der Waals surface area contributed by atoms with E-state index in [1.807, 2.05) is 18.2 Å². The minimum atomic E-state index is 0.406. The largest absolute Gasteiger partial charge is 0.492 e. The van der Waals surface area contributed by atoms with Crippen LogP contribution in [0.1, 0.15) is 17.5 Å². The van der Waals surface area contributed by atoms with Crippen LogP contribution in [0.25, 0.3) is 0 Å². The number of hydrogen-bond acceptors (Lipinski definition) is 2. The standard InChI is InChI=1S/C16H14ClNO/c17-15-9-4-10-16(14(15)12-18)19-11-5-8-13-6-2-1-3-7-13/h1-4,6-7,9-10H,5,8,11H2. The van der Waals surface area contributed by atoms with E-state index in [1.54, 1.807) is 18.2 Å². The molecule has 2 nitrogen and oxygen atoms in total. The molecule has 0 spiro atoms. The number of nitrogens with zero attached hydrogens (tertiary/aromatic N) is 1. The quantitative estimate of drug-likeness (QED) is 0.763. The van der Waals surface area contributed by atoms with Crippen LogP contribution in [0.2, 0.25) is 5.02 Å². The highest BCUT2D eigenvalue weighted by molar-refractivity contribution is 6.31. The molecular formula is C16H14ClNO. The maximum atomic E-state index is 9.02. The molecule has 3 heteroatoms. The van der Waals surface area contributed by atoms with Gasteiger partial charge >= 0.3 is 0 Å². The van der Waals surface area contributed by atoms with Crippen LogP contribution >= 0.6 is 11.6 Å². The van der Waals surface area contributed by atoms with E-state index in [1.165, 1.54) is 5.56 Å². The summed E-state index contributed by atoms with van der Waals surface area (Å²) in [6, 6.07) is 17.6. The fourth-order valence-corrected chi connectivity index (χ4v) is 2.04. The van der Waals surface area contributed by atoms with Gasteiger partial charge in [0.15, 0.2) is 0 Å². The molecule has 0 aromatic heterocycles. The van der Waals surface area contributed by atoms with Gasteiger partial charge in [0.2, 0.25) is 0 Å². The van der Waals surface area contributed by atoms with Crippen LogP contribution in [0, 0.1) is 11.3 Å². The van der Waals surface area contributed by atoms with Gasteiger partial charge in [-0.1, -0.05) is 48.0 Å². The first-order valence-electron chi connectivity index (χ1n) is 6.16. The van der Waals surface area contributed by atoms with Crippen LogP contribution in [0.5, 0.6) is 5.75 Å². The average Bonchev–Trinajstić information content (AvgIpc) is 2.45. The maximum absolute atomic E-state index is 9.02. The molecule has 96 valence electrons. The zero-order chi connectivity index (χ0) is 13.5. The molecule has 0 aliphatic carbocycles. The van der Waals surface area contributed by atoms with Crippen molar-refractivity contribution < 1.29 is 4.74 Å². The SMILES string of the molecule is N#Cc1c(Cl)cccc1OCCCc1ccccc1. The van der Waals surface area contributed by atoms with Crippen molar-refractivity contribution in [1.82, 2.24) is 0 Å². The summed E-state index contributed by atoms with van der Waals surface area (Å²) in [4.78, 5) is 0. The topological polar surface area (TPSA) is 33.0 Å². The first kappa shape index (κ1) is 13.5. The van der Waals surface area contributed by atoms with E-state index < -0.39 is 0 Å². The predicted octanol–water partition coefficient (Wildman–Crippen LogP) is 4.22. The molecule has 0 N–H and O–H groups in total. The van der Waals surface area contributed by atoms with Gasteiger partial charge in [0, 0.05) is 0 Å². The van der Waals surface area contributed by atoms with E-state index in [-0.39, 0.29) is 0 Å². The van der Waals surface area contributed by atoms with Gasteiger partial charge in [-0.2, -0.15) is 5.26 Å². The predicted molar refractivity (Wildman–Crippen MR) is 76.4 cm³/mol. The van der Waals surface area contributed by atoms with Gasteiger partial charge < -0.3 is 4.74 Å². The molecule has 2 aromatic rings. The summed E-state index contributed by atoms with van der Waals surface area (Å²) in [5.41, 5.74) is 1.70. The molecule has 0 saturated carbocycles. The first-order valence-corrected chi connectivity index (χ1v) is 6.54. The normalized spacial score (nSPS) is 9.89. The number of nitriles is 1. The number of rotatable bonds is 5. The van der Waals surface area contributed by atoms with Crippen LogP contribution in [-0.4, -0.2) is 6.61 Å². The summed E-state index contributed by atoms with van der Waals surface area (Å²) in [7, 11) is 0. The average molecular weight is 272 g/mol. The van der Waals surface area contributed by atoms with Gasteiger partial charge in [-0.15, -0.1) is 0 Å². The molecule has 0 bridgehead atoms. The molecule has 2 aromatic carbocycles. The molecule has 0 fully saturated rings. The van der Waals surface area contributed by atoms with Gasteiger partial charge in [-0.05, 0) is 30.5 Å². The van der Waals surface area contributed by atoms with Crippen LogP contribution in [-0.2, 0) is 6.42 Å². The third-order valence-corrected chi connectivity index (χ3v) is 3.11. The Morgan fingerprint density at radius 1 is 1.05 bits per heavy atom. The summed E-state index contributed by atoms with van der Waals surface area (Å²) in [6.07, 6.45) is 1.87. The summed E-state index contributed by atoms with van der Waals surface area (Å²) in [5.74, 6) is 0.558. The highest BCUT2D eigenvalue weighted by Gasteiger charge is 2.06. The van der Waals surface area contributed by atoms with E-state index in [2.05, 4.69) is 18.2 Å². The third-order valence-electron chi connectivity index (χ3n) is 2.80. The fourth-order valence-electron chi connectivity index (χ4n) is 1.84. The Morgan fingerprint density at radius 3 is 2.58 bits per heavy atom. The lowest BCUT2D eigenvalue weighted by Gasteiger charge is -2.08. The van der Waals surface area contributed by atoms with E-state index in [0.29, 0.717) is 22.9 Å². The van der Waals surface area contributed by atoms with Gasteiger partial charge in [-0.25, -0.2) is 0 Å². The van der Waals surface area contributed by atoms with Crippen molar-refractivity contribution in [3.8, 4) is 11.8 Å². The van der Waals surface area contributed by atoms with Gasteiger partial charge in [0.1, 0.15) is 17.4 Å². The molecule has 0 atom stereocenters. The van der Waals surface area contributed by atoms with Crippen molar-refractivity contribution in [3.05, 3.63) is 64.7 Å². The number of aryl methyl sites for hydroxylation is 1. The third kappa shape index (κ3) is 3.74. The second-order valence-corrected chi connectivity index (χ2v) is 4.57.